The summed E-state index contributed by atoms with van der Waals surface area (Å²) in [6, 6.07) is 12.2. The predicted molar refractivity (Wildman–Crippen MR) is 139 cm³/mol. The third-order valence-corrected chi connectivity index (χ3v) is 4.64. The van der Waals surface area contributed by atoms with Crippen LogP contribution in [0.3, 0.4) is 0 Å². The number of unbranched alkanes of at least 4 members (excludes halogenated alkanes) is 1. The molecule has 3 aromatic heterocycles. The molecule has 0 aromatic carbocycles. The molecule has 0 saturated carbocycles. The van der Waals surface area contributed by atoms with E-state index in [0.29, 0.717) is 6.71 Å². The normalized spacial score (nSPS) is 7.28. The van der Waals surface area contributed by atoms with Gasteiger partial charge in [-0.3, -0.25) is 0 Å². The van der Waals surface area contributed by atoms with E-state index in [0.717, 1.165) is 13.1 Å². The average Bonchev–Trinajstić information content (AvgIpc) is 3.41. The van der Waals surface area contributed by atoms with Gasteiger partial charge in [-0.1, -0.05) is 79.2 Å². The largest absolute Gasteiger partial charge is 1.00 e. The van der Waals surface area contributed by atoms with Gasteiger partial charge in [-0.05, 0) is 20.9 Å². The fraction of sp³-hybridized carbons (Fsp3) is 0.409. The Kier molecular flexibility index (Phi) is 45.4. The molecule has 0 radical (unpaired) electrons. The quantitative estimate of drug-likeness (QED) is 0.430. The first-order valence-corrected chi connectivity index (χ1v) is 11.8. The molecular weight excluding hydrogens is 396 g/mol. The van der Waals surface area contributed by atoms with Crippen LogP contribution in [0.4, 0.5) is 0 Å². The van der Waals surface area contributed by atoms with E-state index in [2.05, 4.69) is 70.9 Å². The van der Waals surface area contributed by atoms with E-state index in [-0.39, 0.29) is 45.1 Å². The second kappa shape index (κ2) is 33.1. The summed E-state index contributed by atoms with van der Waals surface area (Å²) in [4.78, 5) is 0. The molecular formula is C22H38B2Li2S3. The summed E-state index contributed by atoms with van der Waals surface area (Å²) in [6.07, 6.45) is 2.28. The fourth-order valence-corrected chi connectivity index (χ4v) is 2.63. The SMILES string of the molecule is C.CB(C)C.CB(C)c1cccs1.[CH2-]CCC.[Li+].[Li+].[c-]1cccs1.c1ccsc1. The number of hydrogen-bond donors (Lipinski definition) is 0. The maximum absolute atomic E-state index is 3.60. The van der Waals surface area contributed by atoms with Crippen LogP contribution in [0.15, 0.2) is 57.9 Å². The Labute approximate surface area is 219 Å². The van der Waals surface area contributed by atoms with Crippen LogP contribution in [0.5, 0.6) is 0 Å². The molecule has 0 spiro atoms. The van der Waals surface area contributed by atoms with Crippen LogP contribution in [0, 0.1) is 12.3 Å². The van der Waals surface area contributed by atoms with Crippen LogP contribution < -0.4 is 42.5 Å². The molecule has 0 unspecified atom stereocenters. The minimum atomic E-state index is 0. The number of hydrogen-bond acceptors (Lipinski definition) is 3. The van der Waals surface area contributed by atoms with Crippen molar-refractivity contribution in [3.63, 3.8) is 0 Å². The van der Waals surface area contributed by atoms with Gasteiger partial charge in [-0.25, -0.2) is 6.07 Å². The first kappa shape index (κ1) is 39.9. The average molecular weight is 434 g/mol. The van der Waals surface area contributed by atoms with Gasteiger partial charge in [0.15, 0.2) is 6.71 Å². The van der Waals surface area contributed by atoms with E-state index < -0.39 is 0 Å². The van der Waals surface area contributed by atoms with Gasteiger partial charge in [-0.15, -0.1) is 5.38 Å². The molecule has 0 aliphatic carbocycles. The first-order chi connectivity index (χ1) is 12.5. The summed E-state index contributed by atoms with van der Waals surface area (Å²) < 4.78 is 1.48. The Morgan fingerprint density at radius 3 is 1.55 bits per heavy atom. The van der Waals surface area contributed by atoms with E-state index in [1.54, 1.807) is 22.7 Å². The zero-order valence-corrected chi connectivity index (χ0v) is 21.7. The molecule has 3 rings (SSSR count). The van der Waals surface area contributed by atoms with E-state index in [9.17, 15) is 0 Å². The van der Waals surface area contributed by atoms with Crippen LogP contribution in [0.1, 0.15) is 27.2 Å². The van der Waals surface area contributed by atoms with Gasteiger partial charge in [0.2, 0.25) is 0 Å². The van der Waals surface area contributed by atoms with Crippen molar-refractivity contribution in [1.29, 1.82) is 0 Å². The van der Waals surface area contributed by atoms with Crippen molar-refractivity contribution < 1.29 is 37.7 Å². The van der Waals surface area contributed by atoms with Crippen LogP contribution in [-0.2, 0) is 0 Å². The minimum Gasteiger partial charge on any atom is -0.343 e. The van der Waals surface area contributed by atoms with Crippen molar-refractivity contribution in [2.75, 3.05) is 0 Å². The summed E-state index contributed by atoms with van der Waals surface area (Å²) in [5, 5.41) is 11.1. The van der Waals surface area contributed by atoms with Crippen LogP contribution in [0.25, 0.3) is 0 Å². The number of thiophene rings is 3. The summed E-state index contributed by atoms with van der Waals surface area (Å²) in [5.74, 6) is 0. The Hall–Kier alpha value is 0.425. The Balaban J connectivity index is -0.0000000830. The van der Waals surface area contributed by atoms with Gasteiger partial charge in [0.1, 0.15) is 6.71 Å². The van der Waals surface area contributed by atoms with Crippen molar-refractivity contribution >= 4 is 52.2 Å². The Bertz CT molecular complexity index is 461. The molecule has 0 aliphatic heterocycles. The molecule has 29 heavy (non-hydrogen) atoms. The first-order valence-electron chi connectivity index (χ1n) is 9.14. The van der Waals surface area contributed by atoms with Gasteiger partial charge in [0.05, 0.1) is 0 Å². The van der Waals surface area contributed by atoms with Gasteiger partial charge in [0.25, 0.3) is 0 Å². The van der Waals surface area contributed by atoms with E-state index in [1.807, 2.05) is 51.7 Å². The van der Waals surface area contributed by atoms with Crippen molar-refractivity contribution in [2.24, 2.45) is 0 Å². The van der Waals surface area contributed by atoms with E-state index in [4.69, 9.17) is 0 Å². The molecule has 0 saturated heterocycles. The van der Waals surface area contributed by atoms with Gasteiger partial charge < -0.3 is 18.3 Å². The standard InChI is InChI=1S/C6H9BS.C4H4S.C4H3S.C4H9.C3H9B.CH4.2Li/c1-7(2)6-4-3-5-8-6;2*1-2-4-5-3-1;1-3-4-2;1-4(2)3;;;/h3-5H,1-2H3;1-4H;1-3H;1,3-4H2,2H3;1-3H3;1H4;;/q;;2*-1;;;2*+1. The van der Waals surface area contributed by atoms with Crippen molar-refractivity contribution in [1.82, 2.24) is 0 Å². The maximum Gasteiger partial charge on any atom is 1.00 e. The zero-order chi connectivity index (χ0) is 20.0. The fourth-order valence-electron chi connectivity index (χ4n) is 1.04. The van der Waals surface area contributed by atoms with Crippen LogP contribution in [-0.4, -0.2) is 13.4 Å². The third kappa shape index (κ3) is 39.5. The molecule has 3 aromatic rings. The molecule has 152 valence electrons. The smallest absolute Gasteiger partial charge is 0.343 e. The van der Waals surface area contributed by atoms with Crippen LogP contribution >= 0.6 is 34.0 Å². The molecule has 0 nitrogen and oxygen atoms in total. The number of rotatable bonds is 2. The van der Waals surface area contributed by atoms with E-state index in [1.165, 1.54) is 11.2 Å². The molecule has 7 heteroatoms. The van der Waals surface area contributed by atoms with Gasteiger partial charge in [-0.2, -0.15) is 40.5 Å². The Morgan fingerprint density at radius 2 is 1.41 bits per heavy atom. The van der Waals surface area contributed by atoms with Crippen LogP contribution in [0.2, 0.25) is 34.1 Å². The topological polar surface area (TPSA) is 0 Å². The summed E-state index contributed by atoms with van der Waals surface area (Å²) in [7, 11) is 0. The summed E-state index contributed by atoms with van der Waals surface area (Å²) >= 11 is 5.13. The maximum atomic E-state index is 3.60. The molecule has 0 amide bonds. The predicted octanol–water partition coefficient (Wildman–Crippen LogP) is 2.64. The molecule has 3 heterocycles. The molecule has 0 aliphatic rings. The molecule has 0 fully saturated rings. The molecule has 0 atom stereocenters. The van der Waals surface area contributed by atoms with Crippen molar-refractivity contribution in [2.45, 2.75) is 61.3 Å². The minimum absolute atomic E-state index is 0. The second-order valence-corrected chi connectivity index (χ2v) is 8.82. The molecule has 0 N–H and O–H groups in total. The van der Waals surface area contributed by atoms with Gasteiger partial charge >= 0.3 is 37.7 Å². The second-order valence-electron chi connectivity index (χ2n) is 6.28. The zero-order valence-electron chi connectivity index (χ0n) is 19.3. The van der Waals surface area contributed by atoms with Crippen molar-refractivity contribution in [3.8, 4) is 0 Å². The molecule has 0 bridgehead atoms. The van der Waals surface area contributed by atoms with Gasteiger partial charge in [0, 0.05) is 0 Å². The monoisotopic (exact) mass is 434 g/mol. The van der Waals surface area contributed by atoms with E-state index >= 15 is 0 Å². The van der Waals surface area contributed by atoms with Crippen molar-refractivity contribution in [3.05, 3.63) is 70.2 Å². The summed E-state index contributed by atoms with van der Waals surface area (Å²) in [6.45, 7) is 18.2. The summed E-state index contributed by atoms with van der Waals surface area (Å²) in [5.41, 5.74) is 0. The Morgan fingerprint density at radius 1 is 0.897 bits per heavy atom. The third-order valence-electron chi connectivity index (χ3n) is 2.27.